The van der Waals surface area contributed by atoms with Crippen molar-refractivity contribution in [1.82, 2.24) is 6.15 Å². The molecule has 0 saturated carbocycles. The first-order valence-corrected chi connectivity index (χ1v) is 18.4. The Labute approximate surface area is 163 Å². The van der Waals surface area contributed by atoms with Crippen molar-refractivity contribution in [2.24, 2.45) is 0 Å². The molecule has 158 valence electrons. The van der Waals surface area contributed by atoms with E-state index in [1.165, 1.54) is 0 Å². The van der Waals surface area contributed by atoms with E-state index >= 15 is 0 Å². The molecule has 0 aliphatic heterocycles. The highest BCUT2D eigenvalue weighted by Crippen LogP contribution is 2.26. The summed E-state index contributed by atoms with van der Waals surface area (Å²) in [5.41, 5.74) is 0. The van der Waals surface area contributed by atoms with Gasteiger partial charge in [0.25, 0.3) is 0 Å². The molecule has 0 aliphatic rings. The maximum absolute atomic E-state index is 8.72. The van der Waals surface area contributed by atoms with Gasteiger partial charge in [0.05, 0.1) is 26.4 Å². The molecule has 0 aromatic rings. The van der Waals surface area contributed by atoms with Crippen LogP contribution in [0, 0.1) is 0 Å². The minimum Gasteiger partial charge on any atom is -0.437 e. The van der Waals surface area contributed by atoms with Gasteiger partial charge in [-0.05, 0) is 64.2 Å². The van der Waals surface area contributed by atoms with Crippen LogP contribution in [0.3, 0.4) is 0 Å². The Balaban J connectivity index is 0. The summed E-state index contributed by atoms with van der Waals surface area (Å²) in [6, 6.07) is 2.07. The van der Waals surface area contributed by atoms with E-state index in [4.69, 9.17) is 27.9 Å². The Morgan fingerprint density at radius 2 is 0.962 bits per heavy atom. The minimum absolute atomic E-state index is 0. The third-order valence-corrected chi connectivity index (χ3v) is 15.1. The van der Waals surface area contributed by atoms with E-state index in [1.54, 1.807) is 0 Å². The van der Waals surface area contributed by atoms with E-state index in [2.05, 4.69) is 39.3 Å². The van der Waals surface area contributed by atoms with Crippen molar-refractivity contribution in [3.05, 3.63) is 0 Å². The average Bonchev–Trinajstić information content (AvgIpc) is 2.44. The van der Waals surface area contributed by atoms with Crippen LogP contribution < -0.4 is 6.15 Å². The molecule has 0 aliphatic carbocycles. The monoisotopic (exact) mass is 427 g/mol. The quantitative estimate of drug-likeness (QED) is 0.289. The lowest BCUT2D eigenvalue weighted by atomic mass is 10.5. The molecule has 0 amide bonds. The summed E-state index contributed by atoms with van der Waals surface area (Å²) >= 11 is 0. The van der Waals surface area contributed by atoms with Crippen molar-refractivity contribution in [2.45, 2.75) is 64.2 Å². The number of nitrogens with one attached hydrogen (secondary N) is 1. The summed E-state index contributed by atoms with van der Waals surface area (Å²) < 4.78 is 23.7. The lowest BCUT2D eigenvalue weighted by molar-refractivity contribution is 0.0922. The smallest absolute Gasteiger partial charge is 0.311 e. The molecule has 0 saturated heterocycles. The molecule has 0 unspecified atom stereocenters. The maximum atomic E-state index is 8.72. The van der Waals surface area contributed by atoms with Gasteiger partial charge >= 0.3 is 8.56 Å². The Morgan fingerprint density at radius 3 is 1.27 bits per heavy atom. The van der Waals surface area contributed by atoms with E-state index in [-0.39, 0.29) is 19.4 Å². The van der Waals surface area contributed by atoms with Crippen LogP contribution in [-0.2, 0) is 17.7 Å². The molecular weight excluding hydrogens is 386 g/mol. The zero-order valence-corrected chi connectivity index (χ0v) is 20.6. The van der Waals surface area contributed by atoms with Crippen molar-refractivity contribution in [3.63, 3.8) is 0 Å². The zero-order valence-electron chi connectivity index (χ0n) is 17.6. The molecule has 0 heterocycles. The third-order valence-electron chi connectivity index (χ3n) is 3.65. The van der Waals surface area contributed by atoms with Gasteiger partial charge in [0.15, 0.2) is 16.6 Å². The summed E-state index contributed by atoms with van der Waals surface area (Å²) in [5.74, 6) is 0. The summed E-state index contributed by atoms with van der Waals surface area (Å²) in [6.07, 6.45) is 1.93. The number of hydrogen-bond acceptors (Lipinski definition) is 6. The predicted octanol–water partition coefficient (Wildman–Crippen LogP) is 2.66. The first kappa shape index (κ1) is 28.6. The number of aliphatic hydroxyl groups is 2. The number of aliphatic hydroxyl groups excluding tert-OH is 2. The topological polar surface area (TPSA) is 109 Å². The molecule has 0 bridgehead atoms. The van der Waals surface area contributed by atoms with Gasteiger partial charge in [0, 0.05) is 13.2 Å². The molecule has 7 nitrogen and oxygen atoms in total. The minimum atomic E-state index is -2.16. The molecule has 26 heavy (non-hydrogen) atoms. The fourth-order valence-electron chi connectivity index (χ4n) is 2.99. The van der Waals surface area contributed by atoms with Crippen LogP contribution in [0.15, 0.2) is 0 Å². The Bertz CT molecular complexity index is 316. The molecule has 0 rings (SSSR count). The van der Waals surface area contributed by atoms with Crippen molar-refractivity contribution in [3.8, 4) is 0 Å². The van der Waals surface area contributed by atoms with Crippen LogP contribution in [0.5, 0.6) is 0 Å². The van der Waals surface area contributed by atoms with Gasteiger partial charge in [-0.1, -0.05) is 0 Å². The van der Waals surface area contributed by atoms with Crippen LogP contribution in [0.4, 0.5) is 0 Å². The summed E-state index contributed by atoms with van der Waals surface area (Å²) in [6.45, 7) is 15.6. The largest absolute Gasteiger partial charge is 0.437 e. The van der Waals surface area contributed by atoms with Crippen molar-refractivity contribution in [1.29, 1.82) is 0 Å². The van der Waals surface area contributed by atoms with Crippen LogP contribution in [-0.4, -0.2) is 75.1 Å². The summed E-state index contributed by atoms with van der Waals surface area (Å²) in [7, 11) is -5.73. The summed E-state index contributed by atoms with van der Waals surface area (Å²) in [4.78, 5) is 0. The van der Waals surface area contributed by atoms with Crippen LogP contribution in [0.2, 0.25) is 51.4 Å². The number of hydrogen-bond donors (Lipinski definition) is 2. The molecule has 3 N–H and O–H groups in total. The lowest BCUT2D eigenvalue weighted by Crippen LogP contribution is -2.52. The number of ether oxygens (including phenoxy) is 2. The Hall–Kier alpha value is 0.371. The fraction of sp³-hybridized carbons (Fsp3) is 1.00. The highest BCUT2D eigenvalue weighted by molar-refractivity contribution is 6.87. The van der Waals surface area contributed by atoms with Gasteiger partial charge in [-0.3, -0.25) is 0 Å². The zero-order chi connectivity index (χ0) is 19.4. The second kappa shape index (κ2) is 14.4. The van der Waals surface area contributed by atoms with Gasteiger partial charge < -0.3 is 27.9 Å². The molecule has 10 heteroatoms. The fourth-order valence-corrected chi connectivity index (χ4v) is 17.0. The van der Waals surface area contributed by atoms with Gasteiger partial charge in [-0.15, -0.1) is 0 Å². The van der Waals surface area contributed by atoms with Gasteiger partial charge in [-0.2, -0.15) is 6.15 Å². The molecule has 0 spiro atoms. The van der Waals surface area contributed by atoms with Gasteiger partial charge in [0.1, 0.15) is 0 Å². The van der Waals surface area contributed by atoms with E-state index < -0.39 is 25.2 Å². The van der Waals surface area contributed by atoms with Crippen LogP contribution in [0.25, 0.3) is 0 Å². The van der Waals surface area contributed by atoms with E-state index in [1.807, 2.05) is 0 Å². The van der Waals surface area contributed by atoms with E-state index in [9.17, 15) is 0 Å². The molecular formula is C16H41NO6Si3. The second-order valence-corrected chi connectivity index (χ2v) is 20.5. The van der Waals surface area contributed by atoms with Crippen molar-refractivity contribution < 1.29 is 27.9 Å². The molecule has 0 fully saturated rings. The van der Waals surface area contributed by atoms with E-state index in [0.717, 1.165) is 24.9 Å². The SMILES string of the molecule is C[Si](C)(CCCOCCO)O[Si](C)(C)O[Si](C)(C)CCCOCCO.[NH]. The normalized spacial score (nSPS) is 12.9. The highest BCUT2D eigenvalue weighted by atomic mass is 28.5. The van der Waals surface area contributed by atoms with Crippen molar-refractivity contribution >= 4 is 25.2 Å². The second-order valence-electron chi connectivity index (χ2n) is 8.00. The van der Waals surface area contributed by atoms with Gasteiger partial charge in [-0.25, -0.2) is 0 Å². The van der Waals surface area contributed by atoms with Gasteiger partial charge in [0.2, 0.25) is 0 Å². The van der Waals surface area contributed by atoms with E-state index in [0.29, 0.717) is 26.4 Å². The third kappa shape index (κ3) is 16.5. The Kier molecular flexibility index (Phi) is 15.8. The maximum Gasteiger partial charge on any atom is 0.311 e. The molecule has 0 atom stereocenters. The number of rotatable bonds is 16. The lowest BCUT2D eigenvalue weighted by Gasteiger charge is -2.38. The predicted molar refractivity (Wildman–Crippen MR) is 112 cm³/mol. The molecule has 0 aromatic carbocycles. The summed E-state index contributed by atoms with van der Waals surface area (Å²) in [5, 5.41) is 17.4. The first-order chi connectivity index (χ1) is 11.5. The average molecular weight is 428 g/mol. The first-order valence-electron chi connectivity index (χ1n) is 9.31. The highest BCUT2D eigenvalue weighted by Gasteiger charge is 2.39. The standard InChI is InChI=1S/C16H40O6Si3.HN/c1-23(2,15-7-11-19-13-9-17)21-25(5,6)22-24(3,4)16-8-12-20-14-10-18;/h17-18H,7-16H2,1-6H3;1H. The van der Waals surface area contributed by atoms with Crippen LogP contribution in [0.1, 0.15) is 12.8 Å². The Morgan fingerprint density at radius 1 is 0.615 bits per heavy atom. The molecule has 2 radical (unpaired) electrons. The van der Waals surface area contributed by atoms with Crippen molar-refractivity contribution in [2.75, 3.05) is 39.6 Å². The van der Waals surface area contributed by atoms with Crippen LogP contribution >= 0.6 is 0 Å². The molecule has 0 aromatic heterocycles.